The summed E-state index contributed by atoms with van der Waals surface area (Å²) in [6, 6.07) is 85.6. The smallest absolute Gasteiger partial charge is 0.272 e. The predicted molar refractivity (Wildman–Crippen MR) is 529 cm³/mol. The SMILES string of the molecule is O=C(N[C@H](Cc1c[nH]c2ccccc12)c1nnc(CCc2c[nH]c3ccccc23)n1Cc1cccc2ccccc12)[C@@H]1CCCN1.O=C(N[C@H](Cc1c[nH]c2ccccc12)c1nnc(CCc2c[nH]c3ccccc23)n1Cc1cccc2ccccc12)c1cnccn1.O=C(N[C@H](Cc1c[nH]c2ccccc12)c1nnc(Cc2ccccc2)n1Cc1ccc(Cl)c(Cl)c1)C1CCNCC1. The molecule has 2 aliphatic heterocycles. The molecule has 11 heterocycles. The third-order valence-electron chi connectivity index (χ3n) is 26.2. The maximum absolute atomic E-state index is 13.6. The number of aromatic amines is 5. The van der Waals surface area contributed by atoms with E-state index >= 15 is 0 Å². The van der Waals surface area contributed by atoms with E-state index in [4.69, 9.17) is 48.7 Å². The second kappa shape index (κ2) is 40.4. The molecule has 0 radical (unpaired) electrons. The van der Waals surface area contributed by atoms with Gasteiger partial charge in [-0.2, -0.15) is 0 Å². The molecule has 4 atom stereocenters. The van der Waals surface area contributed by atoms with Crippen LogP contribution in [0.25, 0.3) is 76.1 Å². The van der Waals surface area contributed by atoms with Crippen molar-refractivity contribution in [2.24, 2.45) is 5.92 Å². The third kappa shape index (κ3) is 19.5. The molecule has 0 spiro atoms. The summed E-state index contributed by atoms with van der Waals surface area (Å²) >= 11 is 12.6. The van der Waals surface area contributed by atoms with Gasteiger partial charge in [0.25, 0.3) is 5.91 Å². The number of H-pyrrole nitrogens is 5. The minimum Gasteiger partial charge on any atom is -0.361 e. The number of rotatable bonds is 29. The Kier molecular flexibility index (Phi) is 26.3. The molecule has 22 rings (SSSR count). The molecule has 26 heteroatoms. The lowest BCUT2D eigenvalue weighted by Crippen LogP contribution is -2.43. The van der Waals surface area contributed by atoms with E-state index in [1.165, 1.54) is 61.4 Å². The molecule has 24 nitrogen and oxygen atoms in total. The number of aryl methyl sites for hydroxylation is 4. The Hall–Kier alpha value is -15.0. The van der Waals surface area contributed by atoms with E-state index in [0.717, 1.165) is 171 Å². The Labute approximate surface area is 783 Å². The van der Waals surface area contributed by atoms with Crippen molar-refractivity contribution in [2.75, 3.05) is 19.6 Å². The van der Waals surface area contributed by atoms with Gasteiger partial charge >= 0.3 is 0 Å². The quantitative estimate of drug-likeness (QED) is 0.0209. The number of para-hydroxylation sites is 5. The summed E-state index contributed by atoms with van der Waals surface area (Å²) in [6.07, 6.45) is 23.6. The van der Waals surface area contributed by atoms with E-state index in [1.807, 2.05) is 85.2 Å². The number of halogens is 2. The summed E-state index contributed by atoms with van der Waals surface area (Å²) < 4.78 is 6.56. The van der Waals surface area contributed by atoms with Gasteiger partial charge in [-0.25, -0.2) is 4.98 Å². The average molecular weight is 1810 g/mol. The number of benzene rings is 11. The maximum atomic E-state index is 13.6. The van der Waals surface area contributed by atoms with Gasteiger partial charge in [0.2, 0.25) is 11.8 Å². The second-order valence-corrected chi connectivity index (χ2v) is 35.5. The van der Waals surface area contributed by atoms with Crippen molar-refractivity contribution in [3.8, 4) is 0 Å². The van der Waals surface area contributed by atoms with Crippen molar-refractivity contribution < 1.29 is 14.4 Å². The molecule has 10 N–H and O–H groups in total. The first kappa shape index (κ1) is 87.1. The van der Waals surface area contributed by atoms with Crippen molar-refractivity contribution in [1.29, 1.82) is 0 Å². The molecule has 20 aromatic rings. The first-order valence-corrected chi connectivity index (χ1v) is 46.8. The Balaban J connectivity index is 0.000000125. The fourth-order valence-electron chi connectivity index (χ4n) is 19.2. The van der Waals surface area contributed by atoms with Crippen LogP contribution in [0.3, 0.4) is 0 Å². The number of hydrogen-bond donors (Lipinski definition) is 10. The van der Waals surface area contributed by atoms with Crippen LogP contribution in [-0.4, -0.2) is 123 Å². The number of carbonyl (C=O) groups excluding carboxylic acids is 3. The van der Waals surface area contributed by atoms with Gasteiger partial charge in [0, 0.05) is 142 Å². The second-order valence-electron chi connectivity index (χ2n) is 34.7. The van der Waals surface area contributed by atoms with Gasteiger partial charge in [-0.05, 0) is 172 Å². The van der Waals surface area contributed by atoms with Gasteiger partial charge in [-0.15, -0.1) is 30.6 Å². The highest BCUT2D eigenvalue weighted by Gasteiger charge is 2.33. The molecule has 0 saturated carbocycles. The van der Waals surface area contributed by atoms with Gasteiger partial charge in [-0.1, -0.05) is 236 Å². The van der Waals surface area contributed by atoms with Crippen LogP contribution in [0.4, 0.5) is 0 Å². The standard InChI is InChI=1S/C38H32N8O.C38H37N7O.C32H32Cl2N6O/c47-38(35-23-39-18-19-40-35)43-34(20-28-22-42-33-15-6-4-13-31(28)33)37-45-44-36(17-16-26-21-41-32-14-5-3-12-30(26)32)46(37)24-27-10-7-9-25-8-1-2-11-29(25)27;46-38(34-17-8-20-39-34)42-35(21-28-23-41-33-16-6-4-14-31(28)33)37-44-43-36(19-18-26-22-40-32-15-5-3-13-30(26)32)45(37)24-27-11-7-10-25-9-1-2-12-29(25)27;33-26-11-10-22(16-27(26)34)20-40-30(17-21-6-2-1-3-7-21)38-39-31(40)29(37-32(41)23-12-14-35-15-13-23)18-24-19-36-28-9-5-4-8-25(24)28/h1-15,18-19,21-23,34,41-42H,16-17,20,24H2,(H,43,47);1-7,9-16,22-23,34-35,39-41H,8,17-21,24H2,(H,42,46);1-11,16,19,23,29,35-36H,12-15,17-18,20H2,(H,37,41)/t34-;34-,35+;29-/m101/s1. The van der Waals surface area contributed by atoms with Gasteiger partial charge in [-0.3, -0.25) is 19.4 Å². The van der Waals surface area contributed by atoms with E-state index in [2.05, 4.69) is 281 Å². The first-order chi connectivity index (χ1) is 66.0. The van der Waals surface area contributed by atoms with Crippen LogP contribution in [-0.2, 0) is 80.6 Å². The van der Waals surface area contributed by atoms with Crippen molar-refractivity contribution in [3.63, 3.8) is 0 Å². The van der Waals surface area contributed by atoms with Crippen LogP contribution >= 0.6 is 23.2 Å². The predicted octanol–water partition coefficient (Wildman–Crippen LogP) is 19.2. The fourth-order valence-corrected chi connectivity index (χ4v) is 19.5. The first-order valence-electron chi connectivity index (χ1n) is 46.0. The van der Waals surface area contributed by atoms with E-state index in [1.54, 1.807) is 6.20 Å². The Morgan fingerprint density at radius 2 is 0.799 bits per heavy atom. The zero-order valence-electron chi connectivity index (χ0n) is 73.9. The van der Waals surface area contributed by atoms with E-state index in [0.29, 0.717) is 67.6 Å². The van der Waals surface area contributed by atoms with Gasteiger partial charge in [0.05, 0.1) is 60.0 Å². The molecule has 11 aromatic carbocycles. The number of piperidine rings is 1. The van der Waals surface area contributed by atoms with E-state index in [9.17, 15) is 14.4 Å². The summed E-state index contributed by atoms with van der Waals surface area (Å²) in [5, 5.41) is 57.0. The molecule has 0 bridgehead atoms. The monoisotopic (exact) mass is 1810 g/mol. The lowest BCUT2D eigenvalue weighted by molar-refractivity contribution is -0.126. The van der Waals surface area contributed by atoms with Crippen molar-refractivity contribution >= 4 is 117 Å². The summed E-state index contributed by atoms with van der Waals surface area (Å²) in [5.41, 5.74) is 16.0. The van der Waals surface area contributed by atoms with E-state index < -0.39 is 6.04 Å². The number of amides is 3. The summed E-state index contributed by atoms with van der Waals surface area (Å²) in [7, 11) is 0. The average Bonchev–Trinajstić information content (AvgIpc) is 1.63. The third-order valence-corrected chi connectivity index (χ3v) is 26.9. The van der Waals surface area contributed by atoms with Gasteiger partial charge < -0.3 is 65.2 Å². The van der Waals surface area contributed by atoms with Crippen LogP contribution in [0.5, 0.6) is 0 Å². The minimum absolute atomic E-state index is 0.0161. The molecule has 2 fully saturated rings. The van der Waals surface area contributed by atoms with Gasteiger partial charge in [0.15, 0.2) is 17.5 Å². The highest BCUT2D eigenvalue weighted by molar-refractivity contribution is 6.42. The molecule has 2 saturated heterocycles. The topological polar surface area (TPSA) is 308 Å². The number of aromatic nitrogens is 16. The molecule has 2 aliphatic rings. The maximum Gasteiger partial charge on any atom is 0.272 e. The molecule has 670 valence electrons. The Morgan fingerprint density at radius 3 is 1.27 bits per heavy atom. The normalized spacial score (nSPS) is 14.1. The number of carbonyl (C=O) groups is 3. The Bertz CT molecular complexity index is 7510. The summed E-state index contributed by atoms with van der Waals surface area (Å²) in [6.45, 7) is 4.21. The van der Waals surface area contributed by atoms with E-state index in [-0.39, 0.29) is 47.5 Å². The highest BCUT2D eigenvalue weighted by Crippen LogP contribution is 2.35. The zero-order valence-corrected chi connectivity index (χ0v) is 75.4. The number of nitrogens with zero attached hydrogens (tertiary/aromatic N) is 11. The molecule has 134 heavy (non-hydrogen) atoms. The Morgan fingerprint density at radius 1 is 0.373 bits per heavy atom. The van der Waals surface area contributed by atoms with Crippen molar-refractivity contribution in [1.82, 2.24) is 106 Å². The van der Waals surface area contributed by atoms with Crippen LogP contribution < -0.4 is 26.6 Å². The number of fused-ring (bicyclic) bond motifs is 7. The molecular formula is C108H101Cl2N21O3. The van der Waals surface area contributed by atoms with Crippen molar-refractivity contribution in [2.45, 2.75) is 121 Å². The van der Waals surface area contributed by atoms with Crippen LogP contribution in [0.15, 0.2) is 304 Å². The summed E-state index contributed by atoms with van der Waals surface area (Å²) in [5.74, 6) is 4.49. The highest BCUT2D eigenvalue weighted by atomic mass is 35.5. The van der Waals surface area contributed by atoms with Crippen molar-refractivity contribution in [3.05, 3.63) is 405 Å². The largest absolute Gasteiger partial charge is 0.361 e. The minimum atomic E-state index is -0.493. The van der Waals surface area contributed by atoms with Gasteiger partial charge in [0.1, 0.15) is 23.2 Å². The molecule has 9 aromatic heterocycles. The number of nitrogens with one attached hydrogen (secondary N) is 10. The van der Waals surface area contributed by atoms with Crippen LogP contribution in [0.1, 0.15) is 139 Å². The van der Waals surface area contributed by atoms with Crippen LogP contribution in [0, 0.1) is 5.92 Å². The molecule has 0 unspecified atom stereocenters. The fraction of sp³-hybridized carbons (Fsp3) is 0.213. The zero-order chi connectivity index (χ0) is 90.6. The lowest BCUT2D eigenvalue weighted by atomic mass is 9.96. The lowest BCUT2D eigenvalue weighted by Gasteiger charge is -2.26. The van der Waals surface area contributed by atoms with Crippen LogP contribution in [0.2, 0.25) is 10.0 Å². The molecule has 3 amide bonds. The summed E-state index contributed by atoms with van der Waals surface area (Å²) in [4.78, 5) is 66.2. The number of hydrogen-bond acceptors (Lipinski definition) is 13. The molecule has 0 aliphatic carbocycles. The molecular weight excluding hydrogens is 1710 g/mol.